The van der Waals surface area contributed by atoms with Crippen molar-refractivity contribution in [3.05, 3.63) is 46.8 Å². The van der Waals surface area contributed by atoms with E-state index < -0.39 is 0 Å². The molecule has 0 aliphatic carbocycles. The molecule has 3 rings (SSSR count). The van der Waals surface area contributed by atoms with E-state index in [2.05, 4.69) is 5.10 Å². The van der Waals surface area contributed by atoms with Gasteiger partial charge in [0.1, 0.15) is 5.75 Å². The number of ether oxygens (including phenoxy) is 2. The third-order valence-electron chi connectivity index (χ3n) is 4.62. The number of nitrogens with zero attached hydrogens (tertiary/aromatic N) is 3. The van der Waals surface area contributed by atoms with Crippen molar-refractivity contribution >= 4 is 5.91 Å². The summed E-state index contributed by atoms with van der Waals surface area (Å²) in [6.45, 7) is 5.63. The maximum absolute atomic E-state index is 13.0. The molecule has 1 aromatic heterocycles. The molecule has 0 saturated carbocycles. The lowest BCUT2D eigenvalue weighted by Gasteiger charge is -2.36. The minimum Gasteiger partial charge on any atom is -0.497 e. The van der Waals surface area contributed by atoms with Gasteiger partial charge >= 0.3 is 0 Å². The van der Waals surface area contributed by atoms with Crippen molar-refractivity contribution in [3.8, 4) is 5.75 Å². The molecule has 6 heteroatoms. The van der Waals surface area contributed by atoms with Crippen LogP contribution in [-0.4, -0.2) is 47.5 Å². The highest BCUT2D eigenvalue weighted by Gasteiger charge is 2.32. The van der Waals surface area contributed by atoms with E-state index in [4.69, 9.17) is 9.47 Å². The number of rotatable bonds is 3. The predicted octanol–water partition coefficient (Wildman–Crippen LogP) is 2.26. The number of morpholine rings is 1. The van der Waals surface area contributed by atoms with Gasteiger partial charge in [-0.25, -0.2) is 0 Å². The summed E-state index contributed by atoms with van der Waals surface area (Å²) in [6.07, 6.45) is 0. The van der Waals surface area contributed by atoms with Crippen LogP contribution in [0.4, 0.5) is 0 Å². The Morgan fingerprint density at radius 3 is 2.58 bits per heavy atom. The zero-order valence-electron chi connectivity index (χ0n) is 14.6. The maximum Gasteiger partial charge on any atom is 0.254 e. The van der Waals surface area contributed by atoms with Crippen LogP contribution in [0.5, 0.6) is 5.75 Å². The van der Waals surface area contributed by atoms with Crippen molar-refractivity contribution in [1.82, 2.24) is 14.7 Å². The van der Waals surface area contributed by atoms with Gasteiger partial charge in [-0.3, -0.25) is 9.48 Å². The highest BCUT2D eigenvalue weighted by Crippen LogP contribution is 2.30. The molecule has 1 aliphatic heterocycles. The lowest BCUT2D eigenvalue weighted by Crippen LogP contribution is -2.43. The maximum atomic E-state index is 13.0. The van der Waals surface area contributed by atoms with Crippen molar-refractivity contribution < 1.29 is 14.3 Å². The second kappa shape index (κ2) is 6.65. The van der Waals surface area contributed by atoms with Gasteiger partial charge in [0.25, 0.3) is 5.91 Å². The van der Waals surface area contributed by atoms with Crippen LogP contribution in [0.15, 0.2) is 24.3 Å². The quantitative estimate of drug-likeness (QED) is 0.867. The summed E-state index contributed by atoms with van der Waals surface area (Å²) in [5.74, 6) is 0.748. The van der Waals surface area contributed by atoms with E-state index in [0.29, 0.717) is 25.3 Å². The number of methoxy groups -OCH3 is 1. The number of hydrogen-bond donors (Lipinski definition) is 0. The largest absolute Gasteiger partial charge is 0.497 e. The SMILES string of the molecule is COc1ccc(C(=O)N2CCOCC2c2c(C)nn(C)c2C)cc1. The highest BCUT2D eigenvalue weighted by molar-refractivity contribution is 5.94. The van der Waals surface area contributed by atoms with E-state index >= 15 is 0 Å². The molecule has 1 aliphatic rings. The fourth-order valence-corrected chi connectivity index (χ4v) is 3.26. The summed E-state index contributed by atoms with van der Waals surface area (Å²) in [6, 6.07) is 7.11. The van der Waals surface area contributed by atoms with Crippen LogP contribution in [0.3, 0.4) is 0 Å². The number of hydrogen-bond acceptors (Lipinski definition) is 4. The summed E-state index contributed by atoms with van der Waals surface area (Å²) in [7, 11) is 3.54. The fourth-order valence-electron chi connectivity index (χ4n) is 3.26. The summed E-state index contributed by atoms with van der Waals surface area (Å²) in [5.41, 5.74) is 3.74. The van der Waals surface area contributed by atoms with Crippen molar-refractivity contribution in [2.24, 2.45) is 7.05 Å². The van der Waals surface area contributed by atoms with Crippen molar-refractivity contribution in [2.75, 3.05) is 26.9 Å². The molecule has 1 saturated heterocycles. The Hall–Kier alpha value is -2.34. The highest BCUT2D eigenvalue weighted by atomic mass is 16.5. The Bertz CT molecular complexity index is 737. The molecular weight excluding hydrogens is 306 g/mol. The lowest BCUT2D eigenvalue weighted by molar-refractivity contribution is -0.00305. The number of aromatic nitrogens is 2. The summed E-state index contributed by atoms with van der Waals surface area (Å²) >= 11 is 0. The first-order valence-corrected chi connectivity index (χ1v) is 8.05. The van der Waals surface area contributed by atoms with Crippen LogP contribution >= 0.6 is 0 Å². The van der Waals surface area contributed by atoms with E-state index in [-0.39, 0.29) is 11.9 Å². The molecular formula is C18H23N3O3. The van der Waals surface area contributed by atoms with Crippen LogP contribution < -0.4 is 4.74 Å². The molecule has 24 heavy (non-hydrogen) atoms. The van der Waals surface area contributed by atoms with E-state index in [0.717, 1.165) is 22.7 Å². The first-order valence-electron chi connectivity index (χ1n) is 8.05. The predicted molar refractivity (Wildman–Crippen MR) is 90.3 cm³/mol. The second-order valence-electron chi connectivity index (χ2n) is 6.03. The van der Waals surface area contributed by atoms with Gasteiger partial charge in [-0.1, -0.05) is 0 Å². The van der Waals surface area contributed by atoms with E-state index in [9.17, 15) is 4.79 Å². The van der Waals surface area contributed by atoms with Crippen LogP contribution in [0.25, 0.3) is 0 Å². The molecule has 1 amide bonds. The van der Waals surface area contributed by atoms with Crippen LogP contribution in [0.1, 0.15) is 33.4 Å². The average molecular weight is 329 g/mol. The normalized spacial score (nSPS) is 17.8. The third-order valence-corrected chi connectivity index (χ3v) is 4.62. The Balaban J connectivity index is 1.92. The Morgan fingerprint density at radius 1 is 1.29 bits per heavy atom. The topological polar surface area (TPSA) is 56.6 Å². The van der Waals surface area contributed by atoms with E-state index in [1.807, 2.05) is 42.6 Å². The number of amides is 1. The van der Waals surface area contributed by atoms with Crippen molar-refractivity contribution in [2.45, 2.75) is 19.9 Å². The molecule has 0 bridgehead atoms. The monoisotopic (exact) mass is 329 g/mol. The number of carbonyl (C=O) groups is 1. The van der Waals surface area contributed by atoms with Gasteiger partial charge in [-0.2, -0.15) is 5.10 Å². The van der Waals surface area contributed by atoms with Crippen LogP contribution in [-0.2, 0) is 11.8 Å². The number of carbonyl (C=O) groups excluding carboxylic acids is 1. The average Bonchev–Trinajstić information content (AvgIpc) is 2.86. The zero-order chi connectivity index (χ0) is 17.3. The van der Waals surface area contributed by atoms with Gasteiger partial charge in [0, 0.05) is 30.4 Å². The minimum atomic E-state index is -0.109. The number of benzene rings is 1. The fraction of sp³-hybridized carbons (Fsp3) is 0.444. The molecule has 0 spiro atoms. The molecule has 1 atom stereocenters. The van der Waals surface area contributed by atoms with Gasteiger partial charge in [-0.05, 0) is 38.1 Å². The first kappa shape index (κ1) is 16.5. The molecule has 2 aromatic rings. The number of aryl methyl sites for hydroxylation is 2. The van der Waals surface area contributed by atoms with Crippen molar-refractivity contribution in [1.29, 1.82) is 0 Å². The second-order valence-corrected chi connectivity index (χ2v) is 6.03. The first-order chi connectivity index (χ1) is 11.5. The summed E-state index contributed by atoms with van der Waals surface area (Å²) in [5, 5.41) is 4.48. The molecule has 2 heterocycles. The minimum absolute atomic E-state index is 0.00797. The van der Waals surface area contributed by atoms with Gasteiger partial charge in [0.05, 0.1) is 32.1 Å². The van der Waals surface area contributed by atoms with Gasteiger partial charge in [0.15, 0.2) is 0 Å². The molecule has 0 N–H and O–H groups in total. The Labute approximate surface area is 142 Å². The zero-order valence-corrected chi connectivity index (χ0v) is 14.6. The lowest BCUT2D eigenvalue weighted by atomic mass is 10.0. The summed E-state index contributed by atoms with van der Waals surface area (Å²) in [4.78, 5) is 14.9. The molecule has 1 fully saturated rings. The molecule has 1 aromatic carbocycles. The molecule has 1 unspecified atom stereocenters. The van der Waals surface area contributed by atoms with Gasteiger partial charge in [-0.15, -0.1) is 0 Å². The molecule has 128 valence electrons. The van der Waals surface area contributed by atoms with Gasteiger partial charge in [0.2, 0.25) is 0 Å². The van der Waals surface area contributed by atoms with Gasteiger partial charge < -0.3 is 14.4 Å². The standard InChI is InChI=1S/C18H23N3O3/c1-12-17(13(2)20(3)19-12)16-11-24-10-9-21(16)18(22)14-5-7-15(23-4)8-6-14/h5-8,16H,9-11H2,1-4H3. The molecule has 0 radical (unpaired) electrons. The van der Waals surface area contributed by atoms with Crippen LogP contribution in [0, 0.1) is 13.8 Å². The smallest absolute Gasteiger partial charge is 0.254 e. The Kier molecular flexibility index (Phi) is 4.57. The third kappa shape index (κ3) is 2.89. The summed E-state index contributed by atoms with van der Waals surface area (Å²) < 4.78 is 12.7. The van der Waals surface area contributed by atoms with E-state index in [1.165, 1.54) is 0 Å². The molecule has 6 nitrogen and oxygen atoms in total. The van der Waals surface area contributed by atoms with Crippen molar-refractivity contribution in [3.63, 3.8) is 0 Å². The Morgan fingerprint density at radius 2 is 2.00 bits per heavy atom. The van der Waals surface area contributed by atoms with Crippen LogP contribution in [0.2, 0.25) is 0 Å². The van der Waals surface area contributed by atoms with E-state index in [1.54, 1.807) is 19.2 Å².